The van der Waals surface area contributed by atoms with Gasteiger partial charge in [-0.3, -0.25) is 9.78 Å². The molecule has 5 aromatic rings. The van der Waals surface area contributed by atoms with E-state index in [0.29, 0.717) is 11.5 Å². The second-order valence-electron chi connectivity index (χ2n) is 6.69. The first-order valence-electron chi connectivity index (χ1n) is 9.24. The van der Waals surface area contributed by atoms with Crippen LogP contribution in [0.15, 0.2) is 89.6 Å². The molecule has 0 unspecified atom stereocenters. The van der Waals surface area contributed by atoms with Crippen molar-refractivity contribution in [1.82, 2.24) is 9.97 Å². The zero-order valence-corrected chi connectivity index (χ0v) is 16.2. The molecule has 0 amide bonds. The molecule has 140 valence electrons. The number of carbonyl (C=O) groups is 1. The van der Waals surface area contributed by atoms with Gasteiger partial charge >= 0.3 is 0 Å². The zero-order chi connectivity index (χ0) is 19.6. The van der Waals surface area contributed by atoms with Crippen molar-refractivity contribution in [3.05, 3.63) is 96.5 Å². The lowest BCUT2D eigenvalue weighted by Gasteiger charge is -2.02. The van der Waals surface area contributed by atoms with Crippen LogP contribution in [0.2, 0.25) is 0 Å². The van der Waals surface area contributed by atoms with Crippen LogP contribution in [-0.2, 0) is 6.42 Å². The van der Waals surface area contributed by atoms with Gasteiger partial charge in [-0.05, 0) is 29.8 Å². The maximum atomic E-state index is 12.7. The number of fused-ring (bicyclic) bond motifs is 1. The predicted octanol–water partition coefficient (Wildman–Crippen LogP) is 6.04. The van der Waals surface area contributed by atoms with E-state index in [9.17, 15) is 4.79 Å². The summed E-state index contributed by atoms with van der Waals surface area (Å²) in [5.41, 5.74) is 3.83. The first-order valence-corrected chi connectivity index (χ1v) is 10.1. The Kier molecular flexibility index (Phi) is 4.50. The van der Waals surface area contributed by atoms with Gasteiger partial charge in [-0.15, -0.1) is 11.3 Å². The average molecular weight is 396 g/mol. The minimum Gasteiger partial charge on any atom is -0.453 e. The Morgan fingerprint density at radius 1 is 0.931 bits per heavy atom. The predicted molar refractivity (Wildman–Crippen MR) is 115 cm³/mol. The maximum Gasteiger partial charge on any atom is 0.202 e. The van der Waals surface area contributed by atoms with E-state index < -0.39 is 0 Å². The summed E-state index contributed by atoms with van der Waals surface area (Å²) in [6, 6.07) is 23.2. The number of Topliss-reactive ketones (excluding diaryl/α,β-unsaturated/α-hetero) is 1. The van der Waals surface area contributed by atoms with E-state index in [1.165, 1.54) is 0 Å². The Labute approximate surface area is 171 Å². The van der Waals surface area contributed by atoms with Crippen LogP contribution in [0.1, 0.15) is 16.1 Å². The fraction of sp³-hybridized carbons (Fsp3) is 0.0417. The lowest BCUT2D eigenvalue weighted by molar-refractivity contribution is 0.0967. The molecule has 0 radical (unpaired) electrons. The first-order chi connectivity index (χ1) is 14.3. The number of rotatable bonds is 5. The molecule has 0 atom stereocenters. The van der Waals surface area contributed by atoms with Gasteiger partial charge in [0.2, 0.25) is 5.78 Å². The number of pyridine rings is 1. The van der Waals surface area contributed by atoms with E-state index in [2.05, 4.69) is 9.97 Å². The van der Waals surface area contributed by atoms with Crippen molar-refractivity contribution in [1.29, 1.82) is 0 Å². The fourth-order valence-corrected chi connectivity index (χ4v) is 4.16. The van der Waals surface area contributed by atoms with Gasteiger partial charge in [-0.1, -0.05) is 48.5 Å². The molecule has 3 heterocycles. The van der Waals surface area contributed by atoms with Crippen LogP contribution in [0.4, 0.5) is 0 Å². The number of benzene rings is 2. The van der Waals surface area contributed by atoms with E-state index in [-0.39, 0.29) is 12.2 Å². The summed E-state index contributed by atoms with van der Waals surface area (Å²) in [7, 11) is 0. The lowest BCUT2D eigenvalue weighted by atomic mass is 10.0. The second kappa shape index (κ2) is 7.45. The Bertz CT molecular complexity index is 1270. The number of carbonyl (C=O) groups excluding carboxylic acids is 1. The Morgan fingerprint density at radius 3 is 2.66 bits per heavy atom. The zero-order valence-electron chi connectivity index (χ0n) is 15.4. The molecule has 0 N–H and O–H groups in total. The molecule has 0 saturated carbocycles. The minimum atomic E-state index is -0.0437. The van der Waals surface area contributed by atoms with Crippen LogP contribution in [0, 0.1) is 0 Å². The van der Waals surface area contributed by atoms with Crippen molar-refractivity contribution >= 4 is 27.3 Å². The molecular formula is C24H16N2O2S. The smallest absolute Gasteiger partial charge is 0.202 e. The van der Waals surface area contributed by atoms with Gasteiger partial charge in [0, 0.05) is 29.9 Å². The third-order valence-corrected chi connectivity index (χ3v) is 5.72. The number of nitrogens with zero attached hydrogens (tertiary/aromatic N) is 2. The SMILES string of the molecule is O=C(Cc1cccc(-c2nc3ccncc3s2)c1)c1ccc(-c2ccccc2)o1. The fourth-order valence-electron chi connectivity index (χ4n) is 3.24. The second-order valence-corrected chi connectivity index (χ2v) is 7.72. The quantitative estimate of drug-likeness (QED) is 0.340. The monoisotopic (exact) mass is 396 g/mol. The standard InChI is InChI=1S/C24H16N2O2S/c27-20(22-10-9-21(28-22)17-6-2-1-3-7-17)14-16-5-4-8-18(13-16)24-26-19-11-12-25-15-23(19)29-24/h1-13,15H,14H2. The summed E-state index contributed by atoms with van der Waals surface area (Å²) >= 11 is 1.60. The molecule has 29 heavy (non-hydrogen) atoms. The van der Waals surface area contributed by atoms with Crippen molar-refractivity contribution in [2.75, 3.05) is 0 Å². The molecule has 0 saturated heterocycles. The molecule has 4 nitrogen and oxygen atoms in total. The molecule has 3 aromatic heterocycles. The minimum absolute atomic E-state index is 0.0437. The van der Waals surface area contributed by atoms with E-state index in [0.717, 1.165) is 31.9 Å². The summed E-state index contributed by atoms with van der Waals surface area (Å²) in [4.78, 5) is 21.6. The molecule has 0 spiro atoms. The Morgan fingerprint density at radius 2 is 1.79 bits per heavy atom. The van der Waals surface area contributed by atoms with Gasteiger partial charge in [0.25, 0.3) is 0 Å². The van der Waals surface area contributed by atoms with Crippen LogP contribution >= 0.6 is 11.3 Å². The third kappa shape index (κ3) is 3.60. The maximum absolute atomic E-state index is 12.7. The number of hydrogen-bond donors (Lipinski definition) is 0. The van der Waals surface area contributed by atoms with Crippen LogP contribution < -0.4 is 0 Å². The molecule has 0 aliphatic heterocycles. The molecular weight excluding hydrogens is 380 g/mol. The first kappa shape index (κ1) is 17.5. The van der Waals surface area contributed by atoms with Crippen molar-refractivity contribution in [2.45, 2.75) is 6.42 Å². The highest BCUT2D eigenvalue weighted by Gasteiger charge is 2.14. The average Bonchev–Trinajstić information content (AvgIpc) is 3.42. The number of furan rings is 1. The summed E-state index contributed by atoms with van der Waals surface area (Å²) in [6.07, 6.45) is 3.85. The van der Waals surface area contributed by atoms with Crippen LogP contribution in [0.25, 0.3) is 32.1 Å². The molecule has 2 aromatic carbocycles. The highest BCUT2D eigenvalue weighted by Crippen LogP contribution is 2.30. The van der Waals surface area contributed by atoms with E-state index >= 15 is 0 Å². The van der Waals surface area contributed by atoms with Crippen LogP contribution in [0.5, 0.6) is 0 Å². The highest BCUT2D eigenvalue weighted by molar-refractivity contribution is 7.21. The third-order valence-electron chi connectivity index (χ3n) is 4.67. The highest BCUT2D eigenvalue weighted by atomic mass is 32.1. The summed E-state index contributed by atoms with van der Waals surface area (Å²) in [5.74, 6) is 1.03. The van der Waals surface area contributed by atoms with E-state index in [1.54, 1.807) is 23.6 Å². The molecule has 0 fully saturated rings. The molecule has 5 rings (SSSR count). The summed E-state index contributed by atoms with van der Waals surface area (Å²) < 4.78 is 6.84. The van der Waals surface area contributed by atoms with Gasteiger partial charge < -0.3 is 4.42 Å². The number of aromatic nitrogens is 2. The van der Waals surface area contributed by atoms with Crippen molar-refractivity contribution in [2.24, 2.45) is 0 Å². The van der Waals surface area contributed by atoms with Crippen LogP contribution in [-0.4, -0.2) is 15.8 Å². The van der Waals surface area contributed by atoms with Crippen molar-refractivity contribution in [3.8, 4) is 21.9 Å². The van der Waals surface area contributed by atoms with Gasteiger partial charge in [-0.25, -0.2) is 4.98 Å². The van der Waals surface area contributed by atoms with Crippen molar-refractivity contribution < 1.29 is 9.21 Å². The van der Waals surface area contributed by atoms with Crippen molar-refractivity contribution in [3.63, 3.8) is 0 Å². The van der Waals surface area contributed by atoms with E-state index in [4.69, 9.17) is 4.42 Å². The normalized spacial score (nSPS) is 11.0. The summed E-state index contributed by atoms with van der Waals surface area (Å²) in [6.45, 7) is 0. The van der Waals surface area contributed by atoms with Gasteiger partial charge in [0.05, 0.1) is 10.2 Å². The van der Waals surface area contributed by atoms with Gasteiger partial charge in [0.15, 0.2) is 5.76 Å². The number of ketones is 1. The van der Waals surface area contributed by atoms with Gasteiger partial charge in [0.1, 0.15) is 10.8 Å². The van der Waals surface area contributed by atoms with Crippen LogP contribution in [0.3, 0.4) is 0 Å². The van der Waals surface area contributed by atoms with Gasteiger partial charge in [-0.2, -0.15) is 0 Å². The largest absolute Gasteiger partial charge is 0.453 e. The topological polar surface area (TPSA) is 56.0 Å². The summed E-state index contributed by atoms with van der Waals surface area (Å²) in [5, 5.41) is 0.923. The molecule has 0 aliphatic rings. The van der Waals surface area contributed by atoms with E-state index in [1.807, 2.05) is 72.9 Å². The number of hydrogen-bond acceptors (Lipinski definition) is 5. The molecule has 0 bridgehead atoms. The Balaban J connectivity index is 1.38. The number of thiazole rings is 1. The molecule has 0 aliphatic carbocycles. The lowest BCUT2D eigenvalue weighted by Crippen LogP contribution is -2.02. The Hall–Kier alpha value is -3.57. The molecule has 5 heteroatoms.